The van der Waals surface area contributed by atoms with Crippen LogP contribution in [0.1, 0.15) is 40.5 Å². The van der Waals surface area contributed by atoms with Crippen molar-refractivity contribution in [2.45, 2.75) is 63.1 Å². The van der Waals surface area contributed by atoms with Gasteiger partial charge < -0.3 is 14.4 Å². The third-order valence-corrected chi connectivity index (χ3v) is 6.75. The van der Waals surface area contributed by atoms with E-state index in [1.54, 1.807) is 4.90 Å². The molecule has 0 aromatic rings. The first-order valence-electron chi connectivity index (χ1n) is 9.00. The maximum absolute atomic E-state index is 11.5. The average molecular weight is 533 g/mol. The van der Waals surface area contributed by atoms with Gasteiger partial charge in [0.1, 0.15) is 5.25 Å². The minimum absolute atomic E-state index is 0. The predicted molar refractivity (Wildman–Crippen MR) is 109 cm³/mol. The molecule has 0 bridgehead atoms. The molecule has 5 N–H and O–H groups in total. The van der Waals surface area contributed by atoms with Crippen molar-refractivity contribution < 1.29 is 73.6 Å². The van der Waals surface area contributed by atoms with Crippen molar-refractivity contribution in [1.82, 2.24) is 9.80 Å². The molecule has 184 valence electrons. The van der Waals surface area contributed by atoms with Crippen LogP contribution in [0.5, 0.6) is 0 Å². The van der Waals surface area contributed by atoms with Crippen LogP contribution >= 0.6 is 0 Å². The van der Waals surface area contributed by atoms with Gasteiger partial charge in [0.25, 0.3) is 0 Å². The summed E-state index contributed by atoms with van der Waals surface area (Å²) in [5.41, 5.74) is 0. The second-order valence-corrected chi connectivity index (χ2v) is 11.1. The van der Waals surface area contributed by atoms with Crippen LogP contribution in [0.15, 0.2) is 0 Å². The first kappa shape index (κ1) is 34.0. The number of carbonyl (C=O) groups excluding carboxylic acids is 2. The predicted octanol–water partition coefficient (Wildman–Crippen LogP) is -5.16. The molecule has 0 aromatic heterocycles. The maximum Gasteiger partial charge on any atom is 1.00 e. The van der Waals surface area contributed by atoms with Gasteiger partial charge in [-0.1, -0.05) is 0 Å². The molecule has 2 aliphatic rings. The van der Waals surface area contributed by atoms with Crippen LogP contribution in [-0.4, -0.2) is 87.4 Å². The Morgan fingerprint density at radius 1 is 1.03 bits per heavy atom. The van der Waals surface area contributed by atoms with E-state index in [0.717, 1.165) is 0 Å². The van der Waals surface area contributed by atoms with E-state index in [4.69, 9.17) is 9.69 Å². The number of sulfonamides is 1. The van der Waals surface area contributed by atoms with Gasteiger partial charge in [0.05, 0.1) is 0 Å². The minimum Gasteiger partial charge on any atom is -0.772 e. The molecule has 2 aliphatic heterocycles. The van der Waals surface area contributed by atoms with Crippen LogP contribution in [0.25, 0.3) is 0 Å². The van der Waals surface area contributed by atoms with Gasteiger partial charge in [-0.3, -0.25) is 18.4 Å². The Hall–Kier alpha value is -0.210. The van der Waals surface area contributed by atoms with Crippen LogP contribution in [0, 0.1) is 0 Å². The molecular weight excluding hydrogens is 503 g/mol. The number of amides is 2. The number of nitrogens with two attached hydrogens (primary N) is 2. The van der Waals surface area contributed by atoms with Crippen LogP contribution in [-0.2, 0) is 45.4 Å². The van der Waals surface area contributed by atoms with E-state index in [1.807, 2.05) is 27.7 Å². The Balaban J connectivity index is 0. The molecular formula is C14H29N4NaO10S3. The Bertz CT molecular complexity index is 866. The normalized spacial score (nSPS) is 22.2. The molecule has 18 heteroatoms. The Labute approximate surface area is 212 Å². The molecule has 2 saturated heterocycles. The molecule has 0 spiro atoms. The van der Waals surface area contributed by atoms with E-state index in [0.29, 0.717) is 25.9 Å². The summed E-state index contributed by atoms with van der Waals surface area (Å²) in [7, 11) is -8.09. The van der Waals surface area contributed by atoms with Crippen LogP contribution < -0.4 is 40.6 Å². The largest absolute Gasteiger partial charge is 1.00 e. The van der Waals surface area contributed by atoms with Crippen molar-refractivity contribution in [2.24, 2.45) is 11.0 Å². The topological polar surface area (TPSA) is 231 Å². The monoisotopic (exact) mass is 532 g/mol. The molecule has 0 saturated carbocycles. The van der Waals surface area contributed by atoms with Crippen LogP contribution in [0.2, 0.25) is 0 Å². The first-order valence-corrected chi connectivity index (χ1v) is 13.1. The Morgan fingerprint density at radius 2 is 1.41 bits per heavy atom. The maximum atomic E-state index is 11.5. The summed E-state index contributed by atoms with van der Waals surface area (Å²) in [5, 5.41) is 3.10. The zero-order chi connectivity index (χ0) is 24.7. The average Bonchev–Trinajstić information content (AvgIpc) is 3.18. The van der Waals surface area contributed by atoms with Crippen molar-refractivity contribution >= 4 is 43.3 Å². The fourth-order valence-electron chi connectivity index (χ4n) is 2.86. The Kier molecular flexibility index (Phi) is 15.1. The first-order chi connectivity index (χ1) is 13.9. The quantitative estimate of drug-likeness (QED) is 0.131. The SMILES string of the molecule is CC(C)N1CCC(S(=O)[O-])C1=O.CC(C)N1CCC(S(N)(=O)=O)C1=O.NOS(=O)(=O)O.[Na+]. The smallest absolute Gasteiger partial charge is 0.772 e. The summed E-state index contributed by atoms with van der Waals surface area (Å²) in [6.45, 7) is 8.52. The molecule has 0 radical (unpaired) electrons. The van der Waals surface area contributed by atoms with Crippen molar-refractivity contribution in [2.75, 3.05) is 13.1 Å². The van der Waals surface area contributed by atoms with Gasteiger partial charge in [0, 0.05) is 25.2 Å². The van der Waals surface area contributed by atoms with Gasteiger partial charge in [0.15, 0.2) is 5.25 Å². The van der Waals surface area contributed by atoms with Gasteiger partial charge in [0.2, 0.25) is 21.8 Å². The molecule has 14 nitrogen and oxygen atoms in total. The van der Waals surface area contributed by atoms with E-state index in [2.05, 4.69) is 10.2 Å². The number of nitrogens with zero attached hydrogens (tertiary/aromatic N) is 2. The van der Waals surface area contributed by atoms with E-state index in [9.17, 15) is 35.2 Å². The second kappa shape index (κ2) is 14.2. The van der Waals surface area contributed by atoms with E-state index in [1.165, 1.54) is 4.90 Å². The number of hydrogen-bond acceptors (Lipinski definition) is 10. The number of hydrogen-bond donors (Lipinski definition) is 3. The van der Waals surface area contributed by atoms with Gasteiger partial charge in [-0.25, -0.2) is 13.6 Å². The number of primary sulfonamides is 1. The van der Waals surface area contributed by atoms with Crippen molar-refractivity contribution in [3.63, 3.8) is 0 Å². The van der Waals surface area contributed by atoms with Gasteiger partial charge in [-0.2, -0.15) is 18.6 Å². The third kappa shape index (κ3) is 11.3. The third-order valence-electron chi connectivity index (χ3n) is 4.38. The van der Waals surface area contributed by atoms with Gasteiger partial charge in [-0.05, 0) is 51.6 Å². The van der Waals surface area contributed by atoms with Gasteiger partial charge >= 0.3 is 40.0 Å². The molecule has 32 heavy (non-hydrogen) atoms. The summed E-state index contributed by atoms with van der Waals surface area (Å²) < 4.78 is 71.8. The molecule has 2 fully saturated rings. The fourth-order valence-corrected chi connectivity index (χ4v) is 4.31. The fraction of sp³-hybridized carbons (Fsp3) is 0.857. The van der Waals surface area contributed by atoms with E-state index < -0.39 is 42.0 Å². The summed E-state index contributed by atoms with van der Waals surface area (Å²) in [4.78, 5) is 25.9. The second-order valence-electron chi connectivity index (χ2n) is 7.18. The summed E-state index contributed by atoms with van der Waals surface area (Å²) in [6, 6.07) is 0.144. The standard InChI is InChI=1S/C7H14N2O3S.C7H13NO3S.H3NO4S.Na/c1-5(2)9-4-3-6(7(9)10)13(8,11)12;1-5(2)8-4-3-6(7(8)9)12(10)11;1-5-6(2,3)4;/h5-6H,3-4H2,1-2H3,(H2,8,11,12);5-6H,3-4H2,1-2H3,(H,10,11);1H2,(H,2,3,4);/q;;;+1/p-1. The minimum atomic E-state index is -4.38. The summed E-state index contributed by atoms with van der Waals surface area (Å²) in [6.07, 6.45) is 0.753. The molecule has 0 aromatic carbocycles. The number of carbonyl (C=O) groups is 2. The van der Waals surface area contributed by atoms with E-state index in [-0.39, 0.29) is 53.5 Å². The molecule has 3 unspecified atom stereocenters. The van der Waals surface area contributed by atoms with Crippen LogP contribution in [0.3, 0.4) is 0 Å². The van der Waals surface area contributed by atoms with Crippen molar-refractivity contribution in [3.05, 3.63) is 0 Å². The van der Waals surface area contributed by atoms with Crippen molar-refractivity contribution in [3.8, 4) is 0 Å². The number of likely N-dealkylation sites (tertiary alicyclic amines) is 2. The van der Waals surface area contributed by atoms with E-state index >= 15 is 0 Å². The zero-order valence-corrected chi connectivity index (χ0v) is 23.0. The summed E-state index contributed by atoms with van der Waals surface area (Å²) in [5.74, 6) is 3.35. The molecule has 2 heterocycles. The number of rotatable bonds is 5. The Morgan fingerprint density at radius 3 is 1.59 bits per heavy atom. The van der Waals surface area contributed by atoms with Crippen LogP contribution in [0.4, 0.5) is 0 Å². The molecule has 2 amide bonds. The summed E-state index contributed by atoms with van der Waals surface area (Å²) >= 11 is -2.25. The zero-order valence-electron chi connectivity index (χ0n) is 18.5. The molecule has 3 atom stereocenters. The molecule has 0 aliphatic carbocycles. The van der Waals surface area contributed by atoms with Crippen molar-refractivity contribution in [1.29, 1.82) is 0 Å². The molecule has 2 rings (SSSR count). The van der Waals surface area contributed by atoms with Gasteiger partial charge in [-0.15, -0.1) is 0 Å².